The molecule has 0 amide bonds. The van der Waals surface area contributed by atoms with Crippen molar-refractivity contribution in [3.63, 3.8) is 0 Å². The molecule has 2 heterocycles. The minimum absolute atomic E-state index is 0.144. The highest BCUT2D eigenvalue weighted by Crippen LogP contribution is 2.54. The number of hydrogen-bond acceptors (Lipinski definition) is 9. The number of aliphatic hydroxyl groups is 1. The van der Waals surface area contributed by atoms with Crippen molar-refractivity contribution >= 4 is 29.5 Å². The van der Waals surface area contributed by atoms with Crippen LogP contribution in [0.5, 0.6) is 5.75 Å². The second-order valence-corrected chi connectivity index (χ2v) is 11.6. The summed E-state index contributed by atoms with van der Waals surface area (Å²) in [7, 11) is -4.29. The van der Waals surface area contributed by atoms with Gasteiger partial charge in [0.05, 0.1) is 12.7 Å². The van der Waals surface area contributed by atoms with Crippen LogP contribution in [-0.4, -0.2) is 55.8 Å². The first-order valence-electron chi connectivity index (χ1n) is 10.6. The van der Waals surface area contributed by atoms with Gasteiger partial charge >= 0.3 is 19.3 Å². The van der Waals surface area contributed by atoms with Crippen LogP contribution in [0.2, 0.25) is 0 Å². The number of aromatic amines is 1. The molecule has 14 heteroatoms. The van der Waals surface area contributed by atoms with E-state index in [1.54, 1.807) is 32.0 Å². The average molecular weight is 579 g/mol. The molecule has 1 aromatic heterocycles. The van der Waals surface area contributed by atoms with E-state index in [4.69, 9.17) is 18.5 Å². The summed E-state index contributed by atoms with van der Waals surface area (Å²) in [6, 6.07) is 8.93. The first-order chi connectivity index (χ1) is 16.3. The molecule has 1 aliphatic rings. The Kier molecular flexibility index (Phi) is 8.38. The van der Waals surface area contributed by atoms with E-state index >= 15 is 4.39 Å². The van der Waals surface area contributed by atoms with Crippen molar-refractivity contribution in [1.82, 2.24) is 9.55 Å². The van der Waals surface area contributed by atoms with E-state index in [9.17, 15) is 24.1 Å². The number of carbonyl (C=O) groups is 1. The number of benzene rings is 1. The summed E-state index contributed by atoms with van der Waals surface area (Å²) >= 11 is 2.73. The maximum absolute atomic E-state index is 15.3. The van der Waals surface area contributed by atoms with Gasteiger partial charge in [0.25, 0.3) is 5.56 Å². The molecule has 0 bridgehead atoms. The average Bonchev–Trinajstić information content (AvgIpc) is 3.01. The van der Waals surface area contributed by atoms with Crippen LogP contribution in [0.3, 0.4) is 0 Å². The summed E-state index contributed by atoms with van der Waals surface area (Å²) in [6.07, 6.45) is -4.52. The van der Waals surface area contributed by atoms with Gasteiger partial charge in [-0.15, -0.1) is 0 Å². The van der Waals surface area contributed by atoms with Gasteiger partial charge in [0.15, 0.2) is 11.9 Å². The fraction of sp³-hybridized carbons (Fsp3) is 0.476. The number of nitrogens with zero attached hydrogens (tertiary/aromatic N) is 1. The molecule has 1 aliphatic heterocycles. The number of carbonyl (C=O) groups excluding carboxylic acids is 1. The molecule has 1 aromatic carbocycles. The smallest absolute Gasteiger partial charge is 0.393 e. The number of ether oxygens (including phenoxy) is 2. The minimum atomic E-state index is -4.29. The van der Waals surface area contributed by atoms with Gasteiger partial charge in [-0.25, -0.2) is 13.8 Å². The first-order valence-corrected chi connectivity index (χ1v) is 13.0. The van der Waals surface area contributed by atoms with Crippen molar-refractivity contribution in [2.45, 2.75) is 55.5 Å². The van der Waals surface area contributed by atoms with Gasteiger partial charge in [-0.1, -0.05) is 18.2 Å². The zero-order valence-electron chi connectivity index (χ0n) is 19.0. The van der Waals surface area contributed by atoms with Crippen LogP contribution < -0.4 is 15.8 Å². The Morgan fingerprint density at radius 2 is 1.94 bits per heavy atom. The lowest BCUT2D eigenvalue weighted by atomic mass is 10.1. The largest absolute Gasteiger partial charge is 0.462 e. The van der Waals surface area contributed by atoms with E-state index in [2.05, 4.69) is 15.9 Å². The lowest BCUT2D eigenvalue weighted by Gasteiger charge is -2.26. The summed E-state index contributed by atoms with van der Waals surface area (Å²) in [4.78, 5) is 37.9. The highest BCUT2D eigenvalue weighted by Gasteiger charge is 2.58. The highest BCUT2D eigenvalue weighted by molar-refractivity contribution is 9.10. The Bertz CT molecular complexity index is 1200. The zero-order valence-corrected chi connectivity index (χ0v) is 21.5. The molecular formula is C21H25BrFN2O9P. The van der Waals surface area contributed by atoms with Gasteiger partial charge < -0.3 is 19.1 Å². The van der Waals surface area contributed by atoms with Gasteiger partial charge in [0, 0.05) is 12.3 Å². The highest BCUT2D eigenvalue weighted by atomic mass is 79.9. The minimum Gasteiger partial charge on any atom is -0.462 e. The predicted octanol–water partition coefficient (Wildman–Crippen LogP) is 2.48. The predicted molar refractivity (Wildman–Crippen MR) is 125 cm³/mol. The van der Waals surface area contributed by atoms with Crippen molar-refractivity contribution in [3.8, 4) is 5.75 Å². The number of nitrogens with one attached hydrogen (secondary N) is 1. The van der Waals surface area contributed by atoms with Crippen LogP contribution in [0.25, 0.3) is 0 Å². The summed E-state index contributed by atoms with van der Waals surface area (Å²) < 4.78 is 48.8. The van der Waals surface area contributed by atoms with Gasteiger partial charge in [-0.2, -0.15) is 0 Å². The third-order valence-electron chi connectivity index (χ3n) is 5.05. The van der Waals surface area contributed by atoms with Crippen LogP contribution in [0, 0.1) is 0 Å². The molecule has 0 radical (unpaired) electrons. The van der Waals surface area contributed by atoms with Crippen LogP contribution in [-0.2, 0) is 23.4 Å². The fourth-order valence-electron chi connectivity index (χ4n) is 3.20. The number of hydrogen-bond donors (Lipinski definition) is 2. The Balaban J connectivity index is 1.84. The molecule has 192 valence electrons. The molecule has 1 fully saturated rings. The topological polar surface area (TPSA) is 146 Å². The molecule has 2 aromatic rings. The monoisotopic (exact) mass is 578 g/mol. The number of para-hydroxylation sites is 1. The molecule has 1 saturated heterocycles. The molecule has 0 saturated carbocycles. The number of esters is 1. The standard InChI is InChI=1S/C21H25BrFN2O9P/c1-12(2)32-18(28)13(3)35(30,34-14-7-5-4-6-8-14)31-11-15-17(27)21(22,23)19(33-15)25-10-9-16(26)24-20(25)29/h4-10,12-13,15,17,19,27H,11H2,1-3H3,(H,24,26,29)/t13-,15+,17+,19+,21+,35?/m0/s1. The number of aromatic nitrogens is 2. The van der Waals surface area contributed by atoms with Crippen LogP contribution in [0.1, 0.15) is 27.0 Å². The number of rotatable bonds is 9. The molecule has 0 aliphatic carbocycles. The van der Waals surface area contributed by atoms with Gasteiger partial charge in [0.1, 0.15) is 18.0 Å². The maximum Gasteiger partial charge on any atom is 0.393 e. The van der Waals surface area contributed by atoms with Crippen molar-refractivity contribution in [2.24, 2.45) is 0 Å². The molecule has 6 atom stereocenters. The fourth-order valence-corrected chi connectivity index (χ4v) is 5.35. The number of aliphatic hydroxyl groups excluding tert-OH is 1. The van der Waals surface area contributed by atoms with Crippen molar-refractivity contribution < 1.29 is 37.4 Å². The molecule has 1 unspecified atom stereocenters. The van der Waals surface area contributed by atoms with E-state index in [-0.39, 0.29) is 5.75 Å². The number of H-pyrrole nitrogens is 1. The van der Waals surface area contributed by atoms with Crippen molar-refractivity contribution in [1.29, 1.82) is 0 Å². The van der Waals surface area contributed by atoms with Gasteiger partial charge in [-0.05, 0) is 48.8 Å². The third kappa shape index (κ3) is 6.10. The summed E-state index contributed by atoms with van der Waals surface area (Å²) in [5.41, 5.74) is -3.05. The Morgan fingerprint density at radius 3 is 2.54 bits per heavy atom. The van der Waals surface area contributed by atoms with Crippen LogP contribution in [0.4, 0.5) is 4.39 Å². The van der Waals surface area contributed by atoms with E-state index in [0.717, 1.165) is 16.8 Å². The maximum atomic E-state index is 15.3. The van der Waals surface area contributed by atoms with Gasteiger partial charge in [0.2, 0.25) is 4.58 Å². The Morgan fingerprint density at radius 1 is 1.29 bits per heavy atom. The molecule has 35 heavy (non-hydrogen) atoms. The molecule has 11 nitrogen and oxygen atoms in total. The summed E-state index contributed by atoms with van der Waals surface area (Å²) in [5, 5.41) is 10.5. The summed E-state index contributed by atoms with van der Waals surface area (Å²) in [5.74, 6) is -0.698. The lowest BCUT2D eigenvalue weighted by molar-refractivity contribution is -0.146. The second kappa shape index (κ2) is 10.8. The lowest BCUT2D eigenvalue weighted by Crippen LogP contribution is -2.41. The first kappa shape index (κ1) is 27.3. The van der Waals surface area contributed by atoms with Crippen molar-refractivity contribution in [3.05, 3.63) is 63.4 Å². The van der Waals surface area contributed by atoms with Crippen LogP contribution >= 0.6 is 23.5 Å². The van der Waals surface area contributed by atoms with Crippen molar-refractivity contribution in [2.75, 3.05) is 6.61 Å². The Hall–Kier alpha value is -2.31. The molecule has 3 rings (SSSR count). The van der Waals surface area contributed by atoms with E-state index in [1.165, 1.54) is 19.1 Å². The van der Waals surface area contributed by atoms with Crippen LogP contribution in [0.15, 0.2) is 52.2 Å². The van der Waals surface area contributed by atoms with Gasteiger partial charge in [-0.3, -0.25) is 23.7 Å². The SMILES string of the molecule is CC(C)OC(=O)[C@H](C)P(=O)(OC[C@H]1O[C@@H](n2ccc(=O)[nH]c2=O)[C@@](F)(Br)[C@@H]1O)Oc1ccccc1. The summed E-state index contributed by atoms with van der Waals surface area (Å²) in [6.45, 7) is 3.86. The number of halogens is 2. The normalized spacial score (nSPS) is 26.8. The molecular weight excluding hydrogens is 554 g/mol. The van der Waals surface area contributed by atoms with E-state index < -0.39 is 66.2 Å². The third-order valence-corrected chi connectivity index (χ3v) is 8.04. The molecule has 2 N–H and O–H groups in total. The van der Waals surface area contributed by atoms with E-state index in [1.807, 2.05) is 4.98 Å². The zero-order chi connectivity index (χ0) is 26.0. The second-order valence-electron chi connectivity index (χ2n) is 8.07. The van der Waals surface area contributed by atoms with E-state index in [0.29, 0.717) is 0 Å². The number of alkyl halides is 2. The molecule has 0 spiro atoms. The quantitative estimate of drug-likeness (QED) is 0.260. The Labute approximate surface area is 207 Å².